The maximum absolute atomic E-state index is 11.4. The molecule has 0 bridgehead atoms. The summed E-state index contributed by atoms with van der Waals surface area (Å²) in [6, 6.07) is -0.152. The van der Waals surface area contributed by atoms with Gasteiger partial charge in [-0.15, -0.1) is 0 Å². The Morgan fingerprint density at radius 1 is 1.57 bits per heavy atom. The van der Waals surface area contributed by atoms with Gasteiger partial charge < -0.3 is 5.32 Å². The number of piperazine rings is 1. The minimum absolute atomic E-state index is 0.152. The fourth-order valence-electron chi connectivity index (χ4n) is 1.65. The van der Waals surface area contributed by atoms with Crippen LogP contribution in [0.15, 0.2) is 0 Å². The molecule has 5 heteroatoms. The Morgan fingerprint density at radius 3 is 2.86 bits per heavy atom. The minimum atomic E-state index is -0.198. The van der Waals surface area contributed by atoms with E-state index in [1.807, 2.05) is 18.9 Å². The maximum atomic E-state index is 11.4. The van der Waals surface area contributed by atoms with E-state index >= 15 is 0 Å². The van der Waals surface area contributed by atoms with Crippen LogP contribution in [0.5, 0.6) is 0 Å². The molecule has 1 unspecified atom stereocenters. The molecular formula is C9H17N3O2. The second-order valence-electron chi connectivity index (χ2n) is 3.41. The normalized spacial score (nSPS) is 23.7. The van der Waals surface area contributed by atoms with Gasteiger partial charge in [0.15, 0.2) is 0 Å². The number of hydrogen-bond acceptors (Lipinski definition) is 4. The van der Waals surface area contributed by atoms with E-state index in [2.05, 4.69) is 10.6 Å². The Morgan fingerprint density at radius 2 is 2.29 bits per heavy atom. The highest BCUT2D eigenvalue weighted by molar-refractivity contribution is 6.01. The third kappa shape index (κ3) is 2.52. The highest BCUT2D eigenvalue weighted by atomic mass is 16.2. The number of carbonyl (C=O) groups is 2. The fraction of sp³-hybridized carbons (Fsp3) is 0.778. The molecule has 0 aromatic heterocycles. The molecule has 1 saturated heterocycles. The van der Waals surface area contributed by atoms with Gasteiger partial charge in [0.05, 0.1) is 12.6 Å². The molecule has 1 atom stereocenters. The number of rotatable bonds is 4. The number of amides is 2. The first-order chi connectivity index (χ1) is 6.69. The zero-order chi connectivity index (χ0) is 10.6. The van der Waals surface area contributed by atoms with Crippen molar-refractivity contribution in [3.05, 3.63) is 0 Å². The summed E-state index contributed by atoms with van der Waals surface area (Å²) in [5.41, 5.74) is 0. The predicted molar refractivity (Wildman–Crippen MR) is 52.7 cm³/mol. The lowest BCUT2D eigenvalue weighted by molar-refractivity contribution is -0.140. The zero-order valence-electron chi connectivity index (χ0n) is 8.67. The van der Waals surface area contributed by atoms with Gasteiger partial charge in [0.2, 0.25) is 11.8 Å². The number of nitrogens with zero attached hydrogens (tertiary/aromatic N) is 1. The Bertz CT molecular complexity index is 230. The molecule has 0 saturated carbocycles. The first kappa shape index (κ1) is 11.1. The van der Waals surface area contributed by atoms with E-state index in [0.717, 1.165) is 19.5 Å². The van der Waals surface area contributed by atoms with E-state index in [1.54, 1.807) is 0 Å². The number of nitrogens with one attached hydrogen (secondary N) is 2. The molecule has 80 valence electrons. The van der Waals surface area contributed by atoms with Crippen molar-refractivity contribution in [3.63, 3.8) is 0 Å². The molecule has 1 aliphatic heterocycles. The van der Waals surface area contributed by atoms with Crippen LogP contribution in [0.2, 0.25) is 0 Å². The van der Waals surface area contributed by atoms with Crippen molar-refractivity contribution in [1.82, 2.24) is 15.5 Å². The van der Waals surface area contributed by atoms with Crippen LogP contribution < -0.4 is 10.6 Å². The van der Waals surface area contributed by atoms with E-state index in [0.29, 0.717) is 6.54 Å². The molecule has 5 nitrogen and oxygen atoms in total. The van der Waals surface area contributed by atoms with Gasteiger partial charge in [-0.05, 0) is 13.5 Å². The molecule has 0 aromatic carbocycles. The van der Waals surface area contributed by atoms with Crippen molar-refractivity contribution in [2.45, 2.75) is 19.4 Å². The van der Waals surface area contributed by atoms with Gasteiger partial charge in [-0.3, -0.25) is 19.8 Å². The highest BCUT2D eigenvalue weighted by Gasteiger charge is 2.31. The first-order valence-electron chi connectivity index (χ1n) is 4.91. The maximum Gasteiger partial charge on any atom is 0.243 e. The van der Waals surface area contributed by atoms with Crippen LogP contribution in [0, 0.1) is 0 Å². The average Bonchev–Trinajstić information content (AvgIpc) is 2.14. The van der Waals surface area contributed by atoms with Gasteiger partial charge in [0, 0.05) is 13.1 Å². The Balaban J connectivity index is 2.58. The van der Waals surface area contributed by atoms with Crippen molar-refractivity contribution >= 4 is 11.8 Å². The summed E-state index contributed by atoms with van der Waals surface area (Å²) in [7, 11) is 1.85. The van der Waals surface area contributed by atoms with Crippen LogP contribution in [0.1, 0.15) is 13.3 Å². The molecule has 1 rings (SSSR count). The lowest BCUT2D eigenvalue weighted by Crippen LogP contribution is -2.58. The Hall–Kier alpha value is -0.940. The monoisotopic (exact) mass is 199 g/mol. The molecule has 1 heterocycles. The summed E-state index contributed by atoms with van der Waals surface area (Å²) in [5, 5.41) is 5.35. The van der Waals surface area contributed by atoms with Gasteiger partial charge in [0.25, 0.3) is 0 Å². The topological polar surface area (TPSA) is 61.4 Å². The van der Waals surface area contributed by atoms with Crippen molar-refractivity contribution in [2.24, 2.45) is 0 Å². The van der Waals surface area contributed by atoms with Crippen LogP contribution >= 0.6 is 0 Å². The van der Waals surface area contributed by atoms with Crippen molar-refractivity contribution in [3.8, 4) is 0 Å². The van der Waals surface area contributed by atoms with Gasteiger partial charge in [-0.25, -0.2) is 0 Å². The number of likely N-dealkylation sites (N-methyl/N-ethyl adjacent to an activating group) is 1. The summed E-state index contributed by atoms with van der Waals surface area (Å²) >= 11 is 0. The lowest BCUT2D eigenvalue weighted by atomic mass is 10.1. The molecule has 14 heavy (non-hydrogen) atoms. The van der Waals surface area contributed by atoms with Crippen LogP contribution in [0.4, 0.5) is 0 Å². The smallest absolute Gasteiger partial charge is 0.243 e. The van der Waals surface area contributed by atoms with E-state index in [1.165, 1.54) is 0 Å². The molecule has 0 spiro atoms. The first-order valence-corrected chi connectivity index (χ1v) is 4.91. The van der Waals surface area contributed by atoms with E-state index in [-0.39, 0.29) is 17.9 Å². The molecule has 0 radical (unpaired) electrons. The highest BCUT2D eigenvalue weighted by Crippen LogP contribution is 2.07. The number of imide groups is 1. The van der Waals surface area contributed by atoms with Crippen LogP contribution in [-0.2, 0) is 9.59 Å². The summed E-state index contributed by atoms with van der Waals surface area (Å²) < 4.78 is 0. The number of hydrogen-bond donors (Lipinski definition) is 2. The van der Waals surface area contributed by atoms with Gasteiger partial charge in [-0.1, -0.05) is 6.92 Å². The minimum Gasteiger partial charge on any atom is -0.318 e. The molecular weight excluding hydrogens is 182 g/mol. The van der Waals surface area contributed by atoms with Crippen molar-refractivity contribution in [1.29, 1.82) is 0 Å². The second-order valence-corrected chi connectivity index (χ2v) is 3.41. The molecule has 0 aliphatic carbocycles. The van der Waals surface area contributed by atoms with Crippen LogP contribution in [0.25, 0.3) is 0 Å². The fourth-order valence-corrected chi connectivity index (χ4v) is 1.65. The number of carbonyl (C=O) groups excluding carboxylic acids is 2. The van der Waals surface area contributed by atoms with Crippen LogP contribution in [0.3, 0.4) is 0 Å². The Labute approximate surface area is 83.8 Å². The third-order valence-electron chi connectivity index (χ3n) is 2.39. The predicted octanol–water partition coefficient (Wildman–Crippen LogP) is -1.06. The summed E-state index contributed by atoms with van der Waals surface area (Å²) in [5.74, 6) is -0.365. The van der Waals surface area contributed by atoms with Crippen molar-refractivity contribution in [2.75, 3.05) is 26.7 Å². The SMILES string of the molecule is CCC1C(=O)NC(=O)CN1CCNC. The molecule has 0 aromatic rings. The third-order valence-corrected chi connectivity index (χ3v) is 2.39. The molecule has 2 amide bonds. The second kappa shape index (κ2) is 5.07. The standard InChI is InChI=1S/C9H17N3O2/c1-3-7-9(14)11-8(13)6-12(7)5-4-10-2/h7,10H,3-6H2,1-2H3,(H,11,13,14). The van der Waals surface area contributed by atoms with E-state index < -0.39 is 0 Å². The zero-order valence-corrected chi connectivity index (χ0v) is 8.67. The van der Waals surface area contributed by atoms with Gasteiger partial charge >= 0.3 is 0 Å². The lowest BCUT2D eigenvalue weighted by Gasteiger charge is -2.33. The molecule has 1 aliphatic rings. The Kier molecular flexibility index (Phi) is 4.03. The quantitative estimate of drug-likeness (QED) is 0.567. The summed E-state index contributed by atoms with van der Waals surface area (Å²) in [4.78, 5) is 24.4. The molecule has 1 fully saturated rings. The van der Waals surface area contributed by atoms with E-state index in [9.17, 15) is 9.59 Å². The molecule has 2 N–H and O–H groups in total. The largest absolute Gasteiger partial charge is 0.318 e. The van der Waals surface area contributed by atoms with Crippen molar-refractivity contribution < 1.29 is 9.59 Å². The van der Waals surface area contributed by atoms with Gasteiger partial charge in [-0.2, -0.15) is 0 Å². The van der Waals surface area contributed by atoms with E-state index in [4.69, 9.17) is 0 Å². The average molecular weight is 199 g/mol. The summed E-state index contributed by atoms with van der Waals surface area (Å²) in [6.45, 7) is 3.80. The van der Waals surface area contributed by atoms with Gasteiger partial charge in [0.1, 0.15) is 0 Å². The summed E-state index contributed by atoms with van der Waals surface area (Å²) in [6.07, 6.45) is 0.739. The van der Waals surface area contributed by atoms with Crippen LogP contribution in [-0.4, -0.2) is 49.4 Å².